The first-order chi connectivity index (χ1) is 14.3. The van der Waals surface area contributed by atoms with Gasteiger partial charge in [0.15, 0.2) is 6.10 Å². The number of hydrogen-bond acceptors (Lipinski definition) is 6. The van der Waals surface area contributed by atoms with E-state index in [1.807, 2.05) is 0 Å². The number of esters is 1. The van der Waals surface area contributed by atoms with Gasteiger partial charge in [-0.05, 0) is 74.6 Å². The molecule has 9 heteroatoms. The van der Waals surface area contributed by atoms with E-state index in [1.165, 1.54) is 32.3 Å². The lowest BCUT2D eigenvalue weighted by molar-refractivity contribution is -0.155. The van der Waals surface area contributed by atoms with Crippen LogP contribution < -0.4 is 16.4 Å². The van der Waals surface area contributed by atoms with Gasteiger partial charge in [0.25, 0.3) is 11.8 Å². The molecule has 1 aromatic rings. The second-order valence-electron chi connectivity index (χ2n) is 9.03. The Kier molecular flexibility index (Phi) is 5.57. The van der Waals surface area contributed by atoms with Crippen molar-refractivity contribution in [3.05, 3.63) is 17.0 Å². The highest BCUT2D eigenvalue weighted by Crippen LogP contribution is 2.60. The molecule has 4 fully saturated rings. The molecule has 1 atom stereocenters. The average molecular weight is 434 g/mol. The van der Waals surface area contributed by atoms with Gasteiger partial charge in [-0.2, -0.15) is 0 Å². The third-order valence-electron chi connectivity index (χ3n) is 6.76. The van der Waals surface area contributed by atoms with Crippen molar-refractivity contribution in [2.45, 2.75) is 51.6 Å². The summed E-state index contributed by atoms with van der Waals surface area (Å²) in [6.07, 6.45) is 5.40. The van der Waals surface area contributed by atoms with Crippen molar-refractivity contribution in [2.24, 2.45) is 28.9 Å². The Bertz CT molecular complexity index is 844. The summed E-state index contributed by atoms with van der Waals surface area (Å²) >= 11 is 1.15. The van der Waals surface area contributed by atoms with Gasteiger partial charge in [-0.3, -0.25) is 19.2 Å². The molecular weight excluding hydrogens is 406 g/mol. The normalized spacial score (nSPS) is 29.8. The Morgan fingerprint density at radius 3 is 2.33 bits per heavy atom. The van der Waals surface area contributed by atoms with Gasteiger partial charge >= 0.3 is 5.97 Å². The largest absolute Gasteiger partial charge is 0.451 e. The fourth-order valence-corrected chi connectivity index (χ4v) is 6.63. The van der Waals surface area contributed by atoms with Crippen molar-refractivity contribution in [1.29, 1.82) is 0 Å². The summed E-state index contributed by atoms with van der Waals surface area (Å²) in [5, 5.41) is 7.24. The number of hydrogen-bond donors (Lipinski definition) is 3. The zero-order valence-electron chi connectivity index (χ0n) is 16.9. The standard InChI is InChI=1S/C21H27N3O5S/c1-11(18(27)24-19-15(17(22)26)2-3-30-19)29-16(25)10-23-20(28)21-7-12-4-13(8-21)6-14(5-12)9-21/h2-3,11-14H,4-10H2,1H3,(H2,22,26)(H,23,28)(H,24,27). The zero-order chi connectivity index (χ0) is 21.5. The Morgan fingerprint density at radius 1 is 1.17 bits per heavy atom. The summed E-state index contributed by atoms with van der Waals surface area (Å²) in [5.74, 6) is -0.0256. The molecule has 3 amide bonds. The fourth-order valence-electron chi connectivity index (χ4n) is 5.83. The van der Waals surface area contributed by atoms with Gasteiger partial charge in [-0.15, -0.1) is 11.3 Å². The van der Waals surface area contributed by atoms with E-state index < -0.39 is 23.9 Å². The highest BCUT2D eigenvalue weighted by molar-refractivity contribution is 7.14. The highest BCUT2D eigenvalue weighted by Gasteiger charge is 2.54. The number of anilines is 1. The van der Waals surface area contributed by atoms with Crippen molar-refractivity contribution >= 4 is 40.0 Å². The molecule has 4 N–H and O–H groups in total. The molecule has 1 unspecified atom stereocenters. The predicted molar refractivity (Wildman–Crippen MR) is 111 cm³/mol. The Hall–Kier alpha value is -2.42. The zero-order valence-corrected chi connectivity index (χ0v) is 17.8. The van der Waals surface area contributed by atoms with Gasteiger partial charge in [0, 0.05) is 5.41 Å². The lowest BCUT2D eigenvalue weighted by Crippen LogP contribution is -2.54. The van der Waals surface area contributed by atoms with Gasteiger partial charge in [0.2, 0.25) is 5.91 Å². The molecule has 1 aromatic heterocycles. The number of rotatable bonds is 7. The highest BCUT2D eigenvalue weighted by atomic mass is 32.1. The van der Waals surface area contributed by atoms with Crippen molar-refractivity contribution in [3.8, 4) is 0 Å². The molecule has 1 heterocycles. The molecule has 30 heavy (non-hydrogen) atoms. The molecule has 0 aliphatic heterocycles. The molecular formula is C21H27N3O5S. The maximum atomic E-state index is 12.9. The number of carbonyl (C=O) groups excluding carboxylic acids is 4. The Labute approximate surface area is 178 Å². The van der Waals surface area contributed by atoms with Gasteiger partial charge < -0.3 is 21.1 Å². The van der Waals surface area contributed by atoms with Crippen molar-refractivity contribution < 1.29 is 23.9 Å². The predicted octanol–water partition coefficient (Wildman–Crippen LogP) is 2.05. The Balaban J connectivity index is 1.26. The molecule has 0 saturated heterocycles. The number of nitrogens with two attached hydrogens (primary N) is 1. The van der Waals surface area contributed by atoms with Crippen LogP contribution in [0.3, 0.4) is 0 Å². The molecule has 0 radical (unpaired) electrons. The smallest absolute Gasteiger partial charge is 0.326 e. The second-order valence-corrected chi connectivity index (χ2v) is 9.95. The minimum absolute atomic E-state index is 0.0552. The van der Waals surface area contributed by atoms with Gasteiger partial charge in [-0.25, -0.2) is 0 Å². The van der Waals surface area contributed by atoms with Crippen LogP contribution in [0.25, 0.3) is 0 Å². The van der Waals surface area contributed by atoms with E-state index >= 15 is 0 Å². The minimum Gasteiger partial charge on any atom is -0.451 e. The fraction of sp³-hybridized carbons (Fsp3) is 0.619. The maximum absolute atomic E-state index is 12.9. The van der Waals surface area contributed by atoms with Crippen molar-refractivity contribution in [2.75, 3.05) is 11.9 Å². The molecule has 4 bridgehead atoms. The van der Waals surface area contributed by atoms with Crippen LogP contribution >= 0.6 is 11.3 Å². The van der Waals surface area contributed by atoms with Crippen LogP contribution in [0.5, 0.6) is 0 Å². The first-order valence-electron chi connectivity index (χ1n) is 10.4. The molecule has 0 spiro atoms. The van der Waals surface area contributed by atoms with E-state index in [1.54, 1.807) is 5.38 Å². The summed E-state index contributed by atoms with van der Waals surface area (Å²) in [6, 6.07) is 1.51. The van der Waals surface area contributed by atoms with Crippen LogP contribution in [-0.4, -0.2) is 36.3 Å². The van der Waals surface area contributed by atoms with Crippen LogP contribution in [0, 0.1) is 23.2 Å². The lowest BCUT2D eigenvalue weighted by atomic mass is 9.49. The Morgan fingerprint density at radius 2 is 1.77 bits per heavy atom. The van der Waals surface area contributed by atoms with Crippen LogP contribution in [0.1, 0.15) is 55.8 Å². The summed E-state index contributed by atoms with van der Waals surface area (Å²) in [7, 11) is 0. The molecule has 0 aromatic carbocycles. The monoisotopic (exact) mass is 433 g/mol. The summed E-state index contributed by atoms with van der Waals surface area (Å²) in [4.78, 5) is 48.7. The first-order valence-corrected chi connectivity index (χ1v) is 11.3. The van der Waals surface area contributed by atoms with E-state index in [2.05, 4.69) is 10.6 Å². The number of carbonyl (C=O) groups is 4. The third-order valence-corrected chi connectivity index (χ3v) is 7.59. The van der Waals surface area contributed by atoms with E-state index in [-0.39, 0.29) is 23.4 Å². The molecule has 4 aliphatic carbocycles. The van der Waals surface area contributed by atoms with E-state index in [0.717, 1.165) is 30.6 Å². The minimum atomic E-state index is -1.07. The molecule has 5 rings (SSSR count). The molecule has 8 nitrogen and oxygen atoms in total. The average Bonchev–Trinajstić information content (AvgIpc) is 3.13. The molecule has 4 saturated carbocycles. The number of thiophene rings is 1. The second kappa shape index (κ2) is 8.02. The molecule has 4 aliphatic rings. The lowest BCUT2D eigenvalue weighted by Gasteiger charge is -2.55. The third kappa shape index (κ3) is 4.08. The summed E-state index contributed by atoms with van der Waals surface area (Å²) in [5.41, 5.74) is 5.13. The van der Waals surface area contributed by atoms with Crippen LogP contribution in [0.15, 0.2) is 11.4 Å². The molecule has 162 valence electrons. The maximum Gasteiger partial charge on any atom is 0.326 e. The number of primary amides is 1. The van der Waals surface area contributed by atoms with Crippen LogP contribution in [-0.2, 0) is 19.1 Å². The summed E-state index contributed by atoms with van der Waals surface area (Å²) in [6.45, 7) is 1.18. The van der Waals surface area contributed by atoms with Gasteiger partial charge in [-0.1, -0.05) is 0 Å². The van der Waals surface area contributed by atoms with E-state index in [9.17, 15) is 19.2 Å². The van der Waals surface area contributed by atoms with Gasteiger partial charge in [0.05, 0.1) is 5.56 Å². The number of ether oxygens (including phenoxy) is 1. The number of nitrogens with one attached hydrogen (secondary N) is 2. The SMILES string of the molecule is CC(OC(=O)CNC(=O)C12CC3CC(CC(C3)C1)C2)C(=O)Nc1sccc1C(N)=O. The van der Waals surface area contributed by atoms with Crippen molar-refractivity contribution in [1.82, 2.24) is 5.32 Å². The van der Waals surface area contributed by atoms with E-state index in [0.29, 0.717) is 22.8 Å². The topological polar surface area (TPSA) is 128 Å². The van der Waals surface area contributed by atoms with Crippen LogP contribution in [0.4, 0.5) is 5.00 Å². The number of amides is 3. The van der Waals surface area contributed by atoms with E-state index in [4.69, 9.17) is 10.5 Å². The van der Waals surface area contributed by atoms with Crippen LogP contribution in [0.2, 0.25) is 0 Å². The quantitative estimate of drug-likeness (QED) is 0.567. The van der Waals surface area contributed by atoms with Crippen molar-refractivity contribution in [3.63, 3.8) is 0 Å². The van der Waals surface area contributed by atoms with Gasteiger partial charge in [0.1, 0.15) is 11.5 Å². The first kappa shape index (κ1) is 20.8. The summed E-state index contributed by atoms with van der Waals surface area (Å²) < 4.78 is 5.15.